The average Bonchev–Trinajstić information content (AvgIpc) is 3.04. The summed E-state index contributed by atoms with van der Waals surface area (Å²) in [5, 5.41) is 6.76. The summed E-state index contributed by atoms with van der Waals surface area (Å²) in [4.78, 5) is 7.27. The Morgan fingerprint density at radius 1 is 1.50 bits per heavy atom. The number of nitrogens with zero attached hydrogens (tertiary/aromatic N) is 2. The third kappa shape index (κ3) is 4.34. The molecule has 102 valence electrons. The number of rotatable bonds is 8. The molecule has 0 spiro atoms. The van der Waals surface area contributed by atoms with Gasteiger partial charge in [0.2, 0.25) is 0 Å². The van der Waals surface area contributed by atoms with Gasteiger partial charge in [0.1, 0.15) is 5.01 Å². The normalized spacial score (nSPS) is 15.8. The van der Waals surface area contributed by atoms with Gasteiger partial charge in [-0.2, -0.15) is 0 Å². The van der Waals surface area contributed by atoms with Crippen LogP contribution in [0.3, 0.4) is 0 Å². The molecular weight excluding hydrogens is 242 g/mol. The fourth-order valence-corrected chi connectivity index (χ4v) is 2.79. The van der Waals surface area contributed by atoms with E-state index in [4.69, 9.17) is 4.98 Å². The first kappa shape index (κ1) is 14.0. The Morgan fingerprint density at radius 2 is 2.28 bits per heavy atom. The van der Waals surface area contributed by atoms with E-state index in [0.717, 1.165) is 25.6 Å². The molecule has 0 saturated heterocycles. The highest BCUT2D eigenvalue weighted by molar-refractivity contribution is 7.09. The van der Waals surface area contributed by atoms with Crippen molar-refractivity contribution in [3.63, 3.8) is 0 Å². The molecule has 1 saturated carbocycles. The van der Waals surface area contributed by atoms with Crippen molar-refractivity contribution in [1.82, 2.24) is 15.2 Å². The Kier molecular flexibility index (Phi) is 5.15. The zero-order valence-corrected chi connectivity index (χ0v) is 12.6. The highest BCUT2D eigenvalue weighted by Crippen LogP contribution is 2.30. The van der Waals surface area contributed by atoms with Crippen LogP contribution in [0.5, 0.6) is 0 Å². The molecule has 1 aliphatic carbocycles. The minimum absolute atomic E-state index is 0.615. The van der Waals surface area contributed by atoms with Gasteiger partial charge in [-0.15, -0.1) is 11.3 Å². The average molecular weight is 267 g/mol. The Balaban J connectivity index is 1.86. The van der Waals surface area contributed by atoms with Crippen molar-refractivity contribution in [1.29, 1.82) is 0 Å². The highest BCUT2D eigenvalue weighted by Gasteiger charge is 2.25. The van der Waals surface area contributed by atoms with Gasteiger partial charge in [0, 0.05) is 31.1 Å². The molecule has 2 rings (SSSR count). The van der Waals surface area contributed by atoms with Crippen molar-refractivity contribution < 1.29 is 0 Å². The standard InChI is InChI=1S/C14H25N3S/c1-4-15-7-14-16-13(10-18-14)9-17(11(2)3)8-12-5-6-12/h10-12,15H,4-9H2,1-3H3. The first-order valence-corrected chi connectivity index (χ1v) is 7.95. The zero-order chi connectivity index (χ0) is 13.0. The topological polar surface area (TPSA) is 28.2 Å². The lowest BCUT2D eigenvalue weighted by molar-refractivity contribution is 0.201. The second-order valence-corrected chi connectivity index (χ2v) is 6.42. The van der Waals surface area contributed by atoms with E-state index >= 15 is 0 Å². The minimum atomic E-state index is 0.615. The van der Waals surface area contributed by atoms with E-state index in [1.54, 1.807) is 11.3 Å². The maximum Gasteiger partial charge on any atom is 0.107 e. The maximum atomic E-state index is 4.71. The largest absolute Gasteiger partial charge is 0.311 e. The number of hydrogen-bond donors (Lipinski definition) is 1. The van der Waals surface area contributed by atoms with Gasteiger partial charge < -0.3 is 5.32 Å². The molecule has 1 fully saturated rings. The monoisotopic (exact) mass is 267 g/mol. The van der Waals surface area contributed by atoms with E-state index in [1.807, 2.05) is 0 Å². The van der Waals surface area contributed by atoms with Crippen LogP contribution in [0, 0.1) is 5.92 Å². The first-order chi connectivity index (χ1) is 8.69. The van der Waals surface area contributed by atoms with Crippen LogP contribution in [0.4, 0.5) is 0 Å². The third-order valence-electron chi connectivity index (χ3n) is 3.41. The third-order valence-corrected chi connectivity index (χ3v) is 4.31. The molecule has 1 N–H and O–H groups in total. The van der Waals surface area contributed by atoms with Crippen LogP contribution in [-0.2, 0) is 13.1 Å². The predicted molar refractivity (Wildman–Crippen MR) is 77.8 cm³/mol. The summed E-state index contributed by atoms with van der Waals surface area (Å²) < 4.78 is 0. The van der Waals surface area contributed by atoms with E-state index in [0.29, 0.717) is 6.04 Å². The lowest BCUT2D eigenvalue weighted by Crippen LogP contribution is -2.32. The number of aromatic nitrogens is 1. The zero-order valence-electron chi connectivity index (χ0n) is 11.8. The van der Waals surface area contributed by atoms with Gasteiger partial charge in [0.15, 0.2) is 0 Å². The molecule has 0 amide bonds. The second-order valence-electron chi connectivity index (χ2n) is 5.48. The quantitative estimate of drug-likeness (QED) is 0.785. The van der Waals surface area contributed by atoms with Crippen LogP contribution >= 0.6 is 11.3 Å². The molecule has 1 heterocycles. The first-order valence-electron chi connectivity index (χ1n) is 7.07. The lowest BCUT2D eigenvalue weighted by atomic mass is 10.2. The molecule has 1 aliphatic rings. The summed E-state index contributed by atoms with van der Waals surface area (Å²) in [5.74, 6) is 0.951. The van der Waals surface area contributed by atoms with Gasteiger partial charge in [-0.1, -0.05) is 6.92 Å². The van der Waals surface area contributed by atoms with E-state index in [1.165, 1.54) is 30.1 Å². The van der Waals surface area contributed by atoms with Crippen molar-refractivity contribution in [2.24, 2.45) is 5.92 Å². The molecule has 0 aromatic carbocycles. The second kappa shape index (κ2) is 6.64. The lowest BCUT2D eigenvalue weighted by Gasteiger charge is -2.25. The van der Waals surface area contributed by atoms with E-state index in [2.05, 4.69) is 36.4 Å². The van der Waals surface area contributed by atoms with E-state index in [-0.39, 0.29) is 0 Å². The summed E-state index contributed by atoms with van der Waals surface area (Å²) >= 11 is 1.78. The summed E-state index contributed by atoms with van der Waals surface area (Å²) in [5.41, 5.74) is 1.24. The molecular formula is C14H25N3S. The van der Waals surface area contributed by atoms with E-state index < -0.39 is 0 Å². The molecule has 1 aromatic rings. The molecule has 0 unspecified atom stereocenters. The van der Waals surface area contributed by atoms with Gasteiger partial charge in [0.25, 0.3) is 0 Å². The predicted octanol–water partition coefficient (Wildman–Crippen LogP) is 2.87. The van der Waals surface area contributed by atoms with Crippen molar-refractivity contribution in [2.75, 3.05) is 13.1 Å². The van der Waals surface area contributed by atoms with Gasteiger partial charge >= 0.3 is 0 Å². The van der Waals surface area contributed by atoms with Crippen LogP contribution < -0.4 is 5.32 Å². The van der Waals surface area contributed by atoms with Crippen LogP contribution in [-0.4, -0.2) is 29.0 Å². The molecule has 0 aliphatic heterocycles. The molecule has 0 radical (unpaired) electrons. The fourth-order valence-electron chi connectivity index (χ4n) is 2.03. The molecule has 0 atom stereocenters. The highest BCUT2D eigenvalue weighted by atomic mass is 32.1. The van der Waals surface area contributed by atoms with Crippen molar-refractivity contribution in [3.8, 4) is 0 Å². The van der Waals surface area contributed by atoms with Crippen molar-refractivity contribution in [2.45, 2.75) is 52.7 Å². The number of hydrogen-bond acceptors (Lipinski definition) is 4. The number of thiazole rings is 1. The number of nitrogens with one attached hydrogen (secondary N) is 1. The Bertz CT molecular complexity index is 358. The van der Waals surface area contributed by atoms with Crippen LogP contribution in [0.2, 0.25) is 0 Å². The smallest absolute Gasteiger partial charge is 0.107 e. The fraction of sp³-hybridized carbons (Fsp3) is 0.786. The van der Waals surface area contributed by atoms with Crippen molar-refractivity contribution >= 4 is 11.3 Å². The van der Waals surface area contributed by atoms with Crippen molar-refractivity contribution in [3.05, 3.63) is 16.1 Å². The van der Waals surface area contributed by atoms with Gasteiger partial charge in [-0.25, -0.2) is 4.98 Å². The molecule has 1 aromatic heterocycles. The molecule has 18 heavy (non-hydrogen) atoms. The summed E-state index contributed by atoms with van der Waals surface area (Å²) in [7, 11) is 0. The maximum absolute atomic E-state index is 4.71. The van der Waals surface area contributed by atoms with Gasteiger partial charge in [0.05, 0.1) is 5.69 Å². The molecule has 3 nitrogen and oxygen atoms in total. The summed E-state index contributed by atoms with van der Waals surface area (Å²) in [6, 6.07) is 0.615. The minimum Gasteiger partial charge on any atom is -0.311 e. The molecule has 0 bridgehead atoms. The Labute approximate surface area is 115 Å². The summed E-state index contributed by atoms with van der Waals surface area (Å²) in [6.07, 6.45) is 2.85. The van der Waals surface area contributed by atoms with Crippen LogP contribution in [0.1, 0.15) is 44.3 Å². The van der Waals surface area contributed by atoms with Crippen LogP contribution in [0.25, 0.3) is 0 Å². The van der Waals surface area contributed by atoms with Crippen LogP contribution in [0.15, 0.2) is 5.38 Å². The van der Waals surface area contributed by atoms with Gasteiger partial charge in [-0.05, 0) is 39.2 Å². The Morgan fingerprint density at radius 3 is 2.89 bits per heavy atom. The van der Waals surface area contributed by atoms with E-state index in [9.17, 15) is 0 Å². The SMILES string of the molecule is CCNCc1nc(CN(CC2CC2)C(C)C)cs1. The van der Waals surface area contributed by atoms with Gasteiger partial charge in [-0.3, -0.25) is 4.90 Å². The Hall–Kier alpha value is -0.450. The molecule has 4 heteroatoms. The summed E-state index contributed by atoms with van der Waals surface area (Å²) in [6.45, 7) is 10.9.